The van der Waals surface area contributed by atoms with Crippen molar-refractivity contribution in [1.82, 2.24) is 0 Å². The summed E-state index contributed by atoms with van der Waals surface area (Å²) in [5.74, 6) is -1.09. The number of phenols is 1. The lowest BCUT2D eigenvalue weighted by atomic mass is 9.78. The summed E-state index contributed by atoms with van der Waals surface area (Å²) in [6.45, 7) is 3.74. The van der Waals surface area contributed by atoms with Crippen LogP contribution in [0.25, 0.3) is 0 Å². The van der Waals surface area contributed by atoms with E-state index < -0.39 is 23.6 Å². The maximum absolute atomic E-state index is 12.7. The van der Waals surface area contributed by atoms with Crippen molar-refractivity contribution in [2.75, 3.05) is 5.32 Å². The lowest BCUT2D eigenvalue weighted by molar-refractivity contribution is -0.131. The molecular formula is C23H22Br2N2O5. The number of aromatic hydroxyl groups is 1. The topological polar surface area (TPSA) is 120 Å². The fourth-order valence-electron chi connectivity index (χ4n) is 3.08. The van der Waals surface area contributed by atoms with Crippen LogP contribution in [-0.2, 0) is 9.53 Å². The van der Waals surface area contributed by atoms with Gasteiger partial charge < -0.3 is 14.9 Å². The van der Waals surface area contributed by atoms with Crippen LogP contribution in [0.1, 0.15) is 43.9 Å². The molecule has 32 heavy (non-hydrogen) atoms. The zero-order chi connectivity index (χ0) is 23.9. The number of ether oxygens (including phenoxy) is 1. The Kier molecular flexibility index (Phi) is 8.87. The van der Waals surface area contributed by atoms with Gasteiger partial charge in [-0.1, -0.05) is 35.9 Å². The average Bonchev–Trinajstić information content (AvgIpc) is 2.72. The fourth-order valence-corrected chi connectivity index (χ4v) is 4.34. The van der Waals surface area contributed by atoms with Crippen molar-refractivity contribution in [3.63, 3.8) is 0 Å². The van der Waals surface area contributed by atoms with Crippen molar-refractivity contribution < 1.29 is 24.5 Å². The zero-order valence-electron chi connectivity index (χ0n) is 17.4. The van der Waals surface area contributed by atoms with Gasteiger partial charge in [-0.2, -0.15) is 5.26 Å². The summed E-state index contributed by atoms with van der Waals surface area (Å²) in [6, 6.07) is 11.7. The number of hydrogen-bond acceptors (Lipinski definition) is 5. The first-order chi connectivity index (χ1) is 15.0. The van der Waals surface area contributed by atoms with Crippen molar-refractivity contribution in [2.45, 2.75) is 32.8 Å². The number of hydrogen-bond donors (Lipinski definition) is 3. The number of benzene rings is 2. The monoisotopic (exact) mass is 564 g/mol. The van der Waals surface area contributed by atoms with E-state index in [0.717, 1.165) is 6.08 Å². The predicted octanol–water partition coefficient (Wildman–Crippen LogP) is 6.53. The van der Waals surface area contributed by atoms with Crippen LogP contribution in [0.3, 0.4) is 0 Å². The molecule has 168 valence electrons. The molecule has 0 unspecified atom stereocenters. The third-order valence-corrected chi connectivity index (χ3v) is 5.81. The first-order valence-corrected chi connectivity index (χ1v) is 11.2. The van der Waals surface area contributed by atoms with Gasteiger partial charge in [0.25, 0.3) is 0 Å². The summed E-state index contributed by atoms with van der Waals surface area (Å²) in [4.78, 5) is 23.4. The Morgan fingerprint density at radius 2 is 1.91 bits per heavy atom. The van der Waals surface area contributed by atoms with E-state index in [1.807, 2.05) is 19.9 Å². The zero-order valence-corrected chi connectivity index (χ0v) is 20.6. The summed E-state index contributed by atoms with van der Waals surface area (Å²) in [7, 11) is 0. The van der Waals surface area contributed by atoms with Gasteiger partial charge in [0.1, 0.15) is 11.9 Å². The molecule has 2 rings (SSSR count). The molecule has 0 aliphatic carbocycles. The number of halogens is 2. The highest BCUT2D eigenvalue weighted by Gasteiger charge is 2.36. The Hall–Kier alpha value is -2.83. The minimum atomic E-state index is -1.04. The molecule has 7 nitrogen and oxygen atoms in total. The largest absolute Gasteiger partial charge is 0.506 e. The van der Waals surface area contributed by atoms with Crippen LogP contribution in [0.15, 0.2) is 57.5 Å². The van der Waals surface area contributed by atoms with Gasteiger partial charge in [0.15, 0.2) is 0 Å². The molecule has 2 aromatic carbocycles. The average molecular weight is 566 g/mol. The number of carboxylic acids is 1. The van der Waals surface area contributed by atoms with E-state index in [0.29, 0.717) is 38.6 Å². The fraction of sp³-hybridized carbons (Fsp3) is 0.261. The molecule has 1 atom stereocenters. The molecule has 0 fully saturated rings. The third-order valence-electron chi connectivity index (χ3n) is 4.75. The Morgan fingerprint density at radius 1 is 1.25 bits per heavy atom. The number of amides is 1. The molecule has 0 aliphatic heterocycles. The standard InChI is InChI=1S/C23H22Br2N2O5/c1-23(2,10-4-3-5-19(28)29)21(17-11-15(24)12-18(25)20(17)30)32-22(31)27-16-8-6-14(13-26)7-9-16/h3,5-9,11-12,21,30H,4,10H2,1-2H3,(H,27,31)(H,28,29)/b5-3+/t21-/m1/s1. The number of carboxylic acid groups (broad SMARTS) is 1. The predicted molar refractivity (Wildman–Crippen MR) is 127 cm³/mol. The number of anilines is 1. The first-order valence-electron chi connectivity index (χ1n) is 9.58. The van der Waals surface area contributed by atoms with Crippen LogP contribution in [-0.4, -0.2) is 22.3 Å². The number of aliphatic carboxylic acids is 1. The first kappa shape index (κ1) is 25.4. The van der Waals surface area contributed by atoms with Gasteiger partial charge >= 0.3 is 12.1 Å². The third kappa shape index (κ3) is 7.11. The second-order valence-corrected chi connectivity index (χ2v) is 9.46. The minimum Gasteiger partial charge on any atom is -0.506 e. The number of nitrogens with one attached hydrogen (secondary N) is 1. The van der Waals surface area contributed by atoms with Crippen LogP contribution in [0.4, 0.5) is 10.5 Å². The van der Waals surface area contributed by atoms with Gasteiger partial charge in [0, 0.05) is 27.2 Å². The van der Waals surface area contributed by atoms with Gasteiger partial charge in [-0.05, 0) is 65.2 Å². The van der Waals surface area contributed by atoms with Crippen molar-refractivity contribution in [1.29, 1.82) is 5.26 Å². The van der Waals surface area contributed by atoms with E-state index in [-0.39, 0.29) is 5.75 Å². The van der Waals surface area contributed by atoms with Crippen LogP contribution in [0.2, 0.25) is 0 Å². The number of allylic oxidation sites excluding steroid dienone is 1. The van der Waals surface area contributed by atoms with Gasteiger partial charge in [0.05, 0.1) is 16.1 Å². The van der Waals surface area contributed by atoms with E-state index in [9.17, 15) is 14.7 Å². The van der Waals surface area contributed by atoms with Gasteiger partial charge in [-0.3, -0.25) is 5.32 Å². The van der Waals surface area contributed by atoms with Gasteiger partial charge in [0.2, 0.25) is 0 Å². The SMILES string of the molecule is CC(C)(CC/C=C/C(=O)O)[C@H](OC(=O)Nc1ccc(C#N)cc1)c1cc(Br)cc(Br)c1O. The van der Waals surface area contributed by atoms with Crippen molar-refractivity contribution >= 4 is 49.6 Å². The maximum atomic E-state index is 12.7. The lowest BCUT2D eigenvalue weighted by Crippen LogP contribution is -2.29. The summed E-state index contributed by atoms with van der Waals surface area (Å²) in [6.07, 6.45) is 1.93. The molecule has 9 heteroatoms. The Labute approximate surface area is 203 Å². The Morgan fingerprint density at radius 3 is 2.50 bits per heavy atom. The van der Waals surface area contributed by atoms with Crippen LogP contribution in [0, 0.1) is 16.7 Å². The highest BCUT2D eigenvalue weighted by Crippen LogP contribution is 2.46. The van der Waals surface area contributed by atoms with E-state index in [1.165, 1.54) is 6.08 Å². The van der Waals surface area contributed by atoms with Crippen molar-refractivity contribution in [2.24, 2.45) is 5.41 Å². The molecule has 0 aromatic heterocycles. The van der Waals surface area contributed by atoms with Crippen LogP contribution >= 0.6 is 31.9 Å². The van der Waals surface area contributed by atoms with Crippen molar-refractivity contribution in [3.8, 4) is 11.8 Å². The number of carbonyl (C=O) groups is 2. The molecule has 3 N–H and O–H groups in total. The molecule has 0 saturated carbocycles. The van der Waals surface area contributed by atoms with Crippen LogP contribution < -0.4 is 5.32 Å². The molecule has 0 radical (unpaired) electrons. The van der Waals surface area contributed by atoms with E-state index in [2.05, 4.69) is 37.2 Å². The second-order valence-electron chi connectivity index (χ2n) is 7.69. The van der Waals surface area contributed by atoms with Gasteiger partial charge in [-0.25, -0.2) is 9.59 Å². The summed E-state index contributed by atoms with van der Waals surface area (Å²) in [5, 5.41) is 31.0. The molecule has 0 bridgehead atoms. The number of nitrogens with zero attached hydrogens (tertiary/aromatic N) is 1. The molecule has 0 heterocycles. The summed E-state index contributed by atoms with van der Waals surface area (Å²) < 4.78 is 6.89. The molecule has 1 amide bonds. The highest BCUT2D eigenvalue weighted by molar-refractivity contribution is 9.11. The maximum Gasteiger partial charge on any atom is 0.412 e. The normalized spacial score (nSPS) is 12.2. The Balaban J connectivity index is 2.31. The number of rotatable bonds is 8. The summed E-state index contributed by atoms with van der Waals surface area (Å²) in [5.41, 5.74) is 0.645. The highest BCUT2D eigenvalue weighted by atomic mass is 79.9. The molecule has 0 spiro atoms. The smallest absolute Gasteiger partial charge is 0.412 e. The van der Waals surface area contributed by atoms with E-state index in [4.69, 9.17) is 15.1 Å². The van der Waals surface area contributed by atoms with Crippen LogP contribution in [0.5, 0.6) is 5.75 Å². The van der Waals surface area contributed by atoms with Crippen molar-refractivity contribution in [3.05, 3.63) is 68.6 Å². The number of nitriles is 1. The molecule has 0 aliphatic rings. The Bertz CT molecular complexity index is 1060. The number of phenolic OH excluding ortho intramolecular Hbond substituents is 1. The molecule has 2 aromatic rings. The minimum absolute atomic E-state index is 0.0569. The molecular weight excluding hydrogens is 544 g/mol. The second kappa shape index (κ2) is 11.2. The molecule has 0 saturated heterocycles. The van der Waals surface area contributed by atoms with E-state index in [1.54, 1.807) is 36.4 Å². The quantitative estimate of drug-likeness (QED) is 0.313. The summed E-state index contributed by atoms with van der Waals surface area (Å²) >= 11 is 6.70. The van der Waals surface area contributed by atoms with E-state index >= 15 is 0 Å². The number of carbonyl (C=O) groups excluding carboxylic acids is 1. The lowest BCUT2D eigenvalue weighted by Gasteiger charge is -2.34. The van der Waals surface area contributed by atoms with Gasteiger partial charge in [-0.15, -0.1) is 0 Å².